The van der Waals surface area contributed by atoms with Crippen LogP contribution in [-0.2, 0) is 28.9 Å². The molecule has 2 amide bonds. The fourth-order valence-corrected chi connectivity index (χ4v) is 5.13. The maximum Gasteiger partial charge on any atom is 0.249 e. The van der Waals surface area contributed by atoms with Crippen LogP contribution in [0.25, 0.3) is 0 Å². The summed E-state index contributed by atoms with van der Waals surface area (Å²) in [5.41, 5.74) is 19.5. The molecule has 0 saturated heterocycles. The first kappa shape index (κ1) is 33.2. The molecule has 1 aliphatic carbocycles. The van der Waals surface area contributed by atoms with E-state index in [0.29, 0.717) is 30.5 Å². The number of carbonyl (C=O) groups excluding carboxylic acids is 2. The molecule has 0 radical (unpaired) electrons. The Hall–Kier alpha value is -4.26. The summed E-state index contributed by atoms with van der Waals surface area (Å²) in [5, 5.41) is 9.99. The second kappa shape index (κ2) is 17.0. The third-order valence-electron chi connectivity index (χ3n) is 7.43. The van der Waals surface area contributed by atoms with E-state index < -0.39 is 18.0 Å². The lowest BCUT2D eigenvalue weighted by Crippen LogP contribution is -2.50. The zero-order valence-electron chi connectivity index (χ0n) is 25.4. The molecule has 2 atom stereocenters. The Bertz CT molecular complexity index is 1290. The van der Waals surface area contributed by atoms with Crippen molar-refractivity contribution in [2.75, 3.05) is 13.1 Å². The highest BCUT2D eigenvalue weighted by Crippen LogP contribution is 2.28. The average molecular weight is 595 g/mol. The van der Waals surface area contributed by atoms with Crippen molar-refractivity contribution >= 4 is 17.8 Å². The standard InChI is InChI=1S/C26H35N7O3.C4H11N3/c1-16-6-5-7-17(2)20(16)12-21(30-24(34)13-27)25(35)31-22(11-19-14-28-15-29-19)26-32-23(33-36-26)10-18-8-3-4-9-18;1-2-3-7-4(5)6/h5-7,14-15,18,21-22H,3-4,8-13,27H2,1-2H3,(H,28,29)(H,30,34)(H,31,35);2-3H2,1H3,(H4,5,6,7)/t21-,22?;/m0./s1. The molecule has 9 N–H and O–H groups in total. The van der Waals surface area contributed by atoms with Gasteiger partial charge in [0.2, 0.25) is 17.7 Å². The Labute approximate surface area is 252 Å². The van der Waals surface area contributed by atoms with Crippen LogP contribution in [0.1, 0.15) is 79.2 Å². The first-order chi connectivity index (χ1) is 20.7. The number of rotatable bonds is 13. The molecule has 1 aliphatic rings. The highest BCUT2D eigenvalue weighted by atomic mass is 16.5. The Kier molecular flexibility index (Phi) is 13.1. The Balaban J connectivity index is 0.000000646. The number of nitrogens with zero attached hydrogens (tertiary/aromatic N) is 4. The first-order valence-electron chi connectivity index (χ1n) is 14.9. The van der Waals surface area contributed by atoms with Crippen LogP contribution in [0.5, 0.6) is 0 Å². The van der Waals surface area contributed by atoms with Crippen molar-refractivity contribution in [3.63, 3.8) is 0 Å². The van der Waals surface area contributed by atoms with Gasteiger partial charge in [-0.15, -0.1) is 0 Å². The summed E-state index contributed by atoms with van der Waals surface area (Å²) in [6.07, 6.45) is 10.6. The summed E-state index contributed by atoms with van der Waals surface area (Å²) in [6, 6.07) is 4.56. The number of carbonyl (C=O) groups is 2. The number of hydrogen-bond donors (Lipinski definition) is 6. The van der Waals surface area contributed by atoms with E-state index in [1.54, 1.807) is 12.5 Å². The van der Waals surface area contributed by atoms with Gasteiger partial charge in [0.25, 0.3) is 0 Å². The SMILES string of the molecule is CCCN=C(N)N.Cc1cccc(C)c1C[C@H](NC(=O)CN)C(=O)NC(Cc1cnc[nH]1)c1nc(CC2CCCC2)no1. The molecule has 0 aliphatic heterocycles. The monoisotopic (exact) mass is 594 g/mol. The molecule has 234 valence electrons. The number of H-pyrrole nitrogens is 1. The van der Waals surface area contributed by atoms with Crippen LogP contribution < -0.4 is 27.8 Å². The van der Waals surface area contributed by atoms with Gasteiger partial charge in [0.1, 0.15) is 12.1 Å². The summed E-state index contributed by atoms with van der Waals surface area (Å²) < 4.78 is 5.61. The molecular formula is C30H46N10O3. The molecule has 13 nitrogen and oxygen atoms in total. The fraction of sp³-hybridized carbons (Fsp3) is 0.533. The molecule has 3 aromatic rings. The van der Waals surface area contributed by atoms with E-state index in [0.717, 1.165) is 41.8 Å². The molecule has 2 heterocycles. The molecular weight excluding hydrogens is 548 g/mol. The van der Waals surface area contributed by atoms with Crippen LogP contribution in [0.2, 0.25) is 0 Å². The van der Waals surface area contributed by atoms with Gasteiger partial charge in [-0.3, -0.25) is 14.6 Å². The van der Waals surface area contributed by atoms with E-state index in [-0.39, 0.29) is 18.4 Å². The van der Waals surface area contributed by atoms with Crippen molar-refractivity contribution in [2.24, 2.45) is 28.1 Å². The van der Waals surface area contributed by atoms with Gasteiger partial charge in [-0.2, -0.15) is 4.98 Å². The molecule has 43 heavy (non-hydrogen) atoms. The first-order valence-corrected chi connectivity index (χ1v) is 14.9. The van der Waals surface area contributed by atoms with Gasteiger partial charge in [0, 0.05) is 37.7 Å². The number of aromatic nitrogens is 4. The normalized spacial score (nSPS) is 14.3. The Morgan fingerprint density at radius 1 is 1.14 bits per heavy atom. The van der Waals surface area contributed by atoms with Gasteiger partial charge in [0.05, 0.1) is 12.9 Å². The lowest BCUT2D eigenvalue weighted by Gasteiger charge is -2.23. The number of aromatic amines is 1. The smallest absolute Gasteiger partial charge is 0.249 e. The van der Waals surface area contributed by atoms with Crippen molar-refractivity contribution in [1.29, 1.82) is 0 Å². The zero-order valence-corrected chi connectivity index (χ0v) is 25.4. The van der Waals surface area contributed by atoms with Crippen LogP contribution in [0.3, 0.4) is 0 Å². The van der Waals surface area contributed by atoms with E-state index >= 15 is 0 Å². The highest BCUT2D eigenvalue weighted by Gasteiger charge is 2.29. The van der Waals surface area contributed by atoms with Crippen LogP contribution >= 0.6 is 0 Å². The van der Waals surface area contributed by atoms with E-state index in [1.807, 2.05) is 39.0 Å². The number of aliphatic imine (C=N–C) groups is 1. The number of nitrogens with two attached hydrogens (primary N) is 3. The van der Waals surface area contributed by atoms with E-state index in [1.165, 1.54) is 25.7 Å². The molecule has 1 aromatic carbocycles. The predicted molar refractivity (Wildman–Crippen MR) is 165 cm³/mol. The highest BCUT2D eigenvalue weighted by molar-refractivity contribution is 5.88. The van der Waals surface area contributed by atoms with E-state index in [4.69, 9.17) is 21.7 Å². The maximum absolute atomic E-state index is 13.5. The third kappa shape index (κ3) is 10.8. The summed E-state index contributed by atoms with van der Waals surface area (Å²) in [7, 11) is 0. The van der Waals surface area contributed by atoms with E-state index in [2.05, 4.69) is 35.7 Å². The number of nitrogens with one attached hydrogen (secondary N) is 3. The fourth-order valence-electron chi connectivity index (χ4n) is 5.13. The number of benzene rings is 1. The summed E-state index contributed by atoms with van der Waals surface area (Å²) in [5.74, 6) is 1.00. The minimum atomic E-state index is -0.814. The third-order valence-corrected chi connectivity index (χ3v) is 7.43. The molecule has 1 fully saturated rings. The largest absolute Gasteiger partial charge is 0.370 e. The van der Waals surface area contributed by atoms with Crippen molar-refractivity contribution in [3.05, 3.63) is 64.8 Å². The van der Waals surface area contributed by atoms with Crippen LogP contribution in [0.15, 0.2) is 40.2 Å². The molecule has 13 heteroatoms. The van der Waals surface area contributed by atoms with Gasteiger partial charge >= 0.3 is 0 Å². The van der Waals surface area contributed by atoms with Crippen LogP contribution in [-0.4, -0.2) is 57.0 Å². The summed E-state index contributed by atoms with van der Waals surface area (Å²) in [4.78, 5) is 41.2. The number of aryl methyl sites for hydroxylation is 2. The second-order valence-corrected chi connectivity index (χ2v) is 11.0. The average Bonchev–Trinajstić information content (AvgIpc) is 3.77. The lowest BCUT2D eigenvalue weighted by molar-refractivity contribution is -0.129. The number of imidazole rings is 1. The minimum Gasteiger partial charge on any atom is -0.370 e. The molecule has 0 bridgehead atoms. The van der Waals surface area contributed by atoms with Crippen molar-refractivity contribution < 1.29 is 14.1 Å². The van der Waals surface area contributed by atoms with Gasteiger partial charge in [-0.05, 0) is 42.9 Å². The van der Waals surface area contributed by atoms with Crippen molar-refractivity contribution in [1.82, 2.24) is 30.7 Å². The molecule has 1 unspecified atom stereocenters. The molecule has 4 rings (SSSR count). The maximum atomic E-state index is 13.5. The number of guanidine groups is 1. The minimum absolute atomic E-state index is 0.182. The Morgan fingerprint density at radius 3 is 2.44 bits per heavy atom. The Morgan fingerprint density at radius 2 is 1.86 bits per heavy atom. The molecule has 0 spiro atoms. The lowest BCUT2D eigenvalue weighted by atomic mass is 9.95. The number of amides is 2. The van der Waals surface area contributed by atoms with E-state index in [9.17, 15) is 9.59 Å². The predicted octanol–water partition coefficient (Wildman–Crippen LogP) is 1.90. The quantitative estimate of drug-likeness (QED) is 0.126. The van der Waals surface area contributed by atoms with Crippen LogP contribution in [0, 0.1) is 19.8 Å². The summed E-state index contributed by atoms with van der Waals surface area (Å²) >= 11 is 0. The summed E-state index contributed by atoms with van der Waals surface area (Å²) in [6.45, 7) is 6.54. The van der Waals surface area contributed by atoms with Gasteiger partial charge in [0.15, 0.2) is 11.8 Å². The van der Waals surface area contributed by atoms with Crippen LogP contribution in [0.4, 0.5) is 0 Å². The van der Waals surface area contributed by atoms with Gasteiger partial charge < -0.3 is 37.3 Å². The van der Waals surface area contributed by atoms with Crippen molar-refractivity contribution in [3.8, 4) is 0 Å². The van der Waals surface area contributed by atoms with Crippen molar-refractivity contribution in [2.45, 2.75) is 84.2 Å². The molecule has 1 saturated carbocycles. The van der Waals surface area contributed by atoms with Gasteiger partial charge in [-0.25, -0.2) is 4.98 Å². The zero-order chi connectivity index (χ0) is 31.2. The second-order valence-electron chi connectivity index (χ2n) is 11.0. The topological polar surface area (TPSA) is 216 Å². The molecule has 2 aromatic heterocycles. The van der Waals surface area contributed by atoms with Gasteiger partial charge in [-0.1, -0.05) is 56.0 Å². The number of hydrogen-bond acceptors (Lipinski definition) is 8.